The summed E-state index contributed by atoms with van der Waals surface area (Å²) >= 11 is 1.51. The fourth-order valence-corrected chi connectivity index (χ4v) is 4.75. The molecule has 1 N–H and O–H groups in total. The van der Waals surface area contributed by atoms with Gasteiger partial charge in [0.15, 0.2) is 0 Å². The van der Waals surface area contributed by atoms with Gasteiger partial charge in [-0.3, -0.25) is 15.1 Å². The van der Waals surface area contributed by atoms with Crippen molar-refractivity contribution < 1.29 is 14.5 Å². The van der Waals surface area contributed by atoms with E-state index in [9.17, 15) is 14.9 Å². The van der Waals surface area contributed by atoms with Crippen LogP contribution in [0, 0.1) is 17.0 Å². The van der Waals surface area contributed by atoms with Crippen LogP contribution in [-0.2, 0) is 13.0 Å². The van der Waals surface area contributed by atoms with Crippen LogP contribution >= 0.6 is 11.8 Å². The zero-order valence-electron chi connectivity index (χ0n) is 21.2. The van der Waals surface area contributed by atoms with Crippen molar-refractivity contribution in [3.8, 4) is 5.75 Å². The molecule has 4 aromatic rings. The minimum atomic E-state index is -0.420. The van der Waals surface area contributed by atoms with Gasteiger partial charge in [-0.1, -0.05) is 47.7 Å². The van der Waals surface area contributed by atoms with E-state index < -0.39 is 4.92 Å². The number of aromatic nitrogens is 1. The Morgan fingerprint density at radius 3 is 2.53 bits per heavy atom. The molecule has 0 unspecified atom stereocenters. The number of hydrogen-bond acceptors (Lipinski definition) is 6. The molecule has 0 saturated heterocycles. The van der Waals surface area contributed by atoms with Crippen LogP contribution in [-0.4, -0.2) is 34.5 Å². The number of nitrogens with one attached hydrogen (secondary N) is 1. The average Bonchev–Trinajstić information content (AvgIpc) is 2.93. The molecule has 194 valence electrons. The predicted molar refractivity (Wildman–Crippen MR) is 149 cm³/mol. The summed E-state index contributed by atoms with van der Waals surface area (Å²) < 4.78 is 5.39. The summed E-state index contributed by atoms with van der Waals surface area (Å²) in [6.07, 6.45) is 2.24. The van der Waals surface area contributed by atoms with Crippen LogP contribution in [0.3, 0.4) is 0 Å². The molecule has 0 aliphatic heterocycles. The second-order valence-corrected chi connectivity index (χ2v) is 9.70. The Morgan fingerprint density at radius 2 is 1.82 bits per heavy atom. The van der Waals surface area contributed by atoms with Crippen molar-refractivity contribution in [3.05, 3.63) is 118 Å². The zero-order chi connectivity index (χ0) is 26.9. The lowest BCUT2D eigenvalue weighted by atomic mass is 10.1. The first-order valence-corrected chi connectivity index (χ1v) is 12.9. The molecule has 0 saturated carbocycles. The Morgan fingerprint density at radius 1 is 1.05 bits per heavy atom. The number of nitrogens with zero attached hydrogens (tertiary/aromatic N) is 3. The highest BCUT2D eigenvalue weighted by atomic mass is 32.2. The Bertz CT molecular complexity index is 1400. The van der Waals surface area contributed by atoms with Crippen LogP contribution in [0.25, 0.3) is 0 Å². The third kappa shape index (κ3) is 7.10. The van der Waals surface area contributed by atoms with Gasteiger partial charge < -0.3 is 15.0 Å². The van der Waals surface area contributed by atoms with E-state index >= 15 is 0 Å². The number of para-hydroxylation sites is 2. The number of benzene rings is 3. The van der Waals surface area contributed by atoms with Gasteiger partial charge in [-0.15, -0.1) is 0 Å². The summed E-state index contributed by atoms with van der Waals surface area (Å²) in [6, 6.07) is 25.3. The summed E-state index contributed by atoms with van der Waals surface area (Å²) in [5, 5.41) is 14.5. The highest BCUT2D eigenvalue weighted by molar-refractivity contribution is 7.99. The maximum atomic E-state index is 13.5. The van der Waals surface area contributed by atoms with Gasteiger partial charge in [0.1, 0.15) is 5.75 Å². The topological polar surface area (TPSA) is 97.6 Å². The zero-order valence-corrected chi connectivity index (χ0v) is 22.0. The van der Waals surface area contributed by atoms with Gasteiger partial charge >= 0.3 is 6.03 Å². The van der Waals surface area contributed by atoms with Gasteiger partial charge in [-0.05, 0) is 55.0 Å². The molecule has 0 aliphatic carbocycles. The smallest absolute Gasteiger partial charge is 0.322 e. The average molecular weight is 529 g/mol. The molecule has 9 heteroatoms. The van der Waals surface area contributed by atoms with E-state index in [0.717, 1.165) is 21.0 Å². The maximum Gasteiger partial charge on any atom is 0.322 e. The predicted octanol–water partition coefficient (Wildman–Crippen LogP) is 6.73. The van der Waals surface area contributed by atoms with Gasteiger partial charge in [-0.2, -0.15) is 0 Å². The number of rotatable bonds is 10. The summed E-state index contributed by atoms with van der Waals surface area (Å²) in [5.41, 5.74) is 3.18. The number of urea groups is 1. The molecule has 0 bridgehead atoms. The summed E-state index contributed by atoms with van der Waals surface area (Å²) in [4.78, 5) is 32.6. The summed E-state index contributed by atoms with van der Waals surface area (Å²) in [5.74, 6) is 0.538. The third-order valence-corrected chi connectivity index (χ3v) is 6.99. The number of methoxy groups -OCH3 is 1. The Balaban J connectivity index is 1.64. The van der Waals surface area contributed by atoms with Gasteiger partial charge in [0, 0.05) is 53.3 Å². The van der Waals surface area contributed by atoms with Gasteiger partial charge in [0.2, 0.25) is 0 Å². The molecule has 0 atom stereocenters. The molecule has 4 rings (SSSR count). The van der Waals surface area contributed by atoms with Crippen molar-refractivity contribution in [2.24, 2.45) is 0 Å². The quantitative estimate of drug-likeness (QED) is 0.181. The van der Waals surface area contributed by atoms with Crippen molar-refractivity contribution >= 4 is 29.2 Å². The number of hydrogen-bond donors (Lipinski definition) is 1. The molecule has 8 nitrogen and oxygen atoms in total. The van der Waals surface area contributed by atoms with Crippen molar-refractivity contribution in [1.29, 1.82) is 0 Å². The molecule has 1 heterocycles. The molecule has 1 aromatic heterocycles. The monoisotopic (exact) mass is 528 g/mol. The van der Waals surface area contributed by atoms with Crippen LogP contribution < -0.4 is 10.1 Å². The largest absolute Gasteiger partial charge is 0.495 e. The first-order valence-electron chi connectivity index (χ1n) is 12.0. The van der Waals surface area contributed by atoms with Crippen LogP contribution in [0.1, 0.15) is 16.8 Å². The van der Waals surface area contributed by atoms with Crippen molar-refractivity contribution in [2.75, 3.05) is 19.0 Å². The molecule has 0 radical (unpaired) electrons. The lowest BCUT2D eigenvalue weighted by molar-refractivity contribution is -0.385. The highest BCUT2D eigenvalue weighted by Gasteiger charge is 2.20. The SMILES string of the molecule is COc1ccccc1NC(=O)N(CCc1ccccn1)Cc1cc([N+](=O)[O-])ccc1Sc1ccc(C)cc1. The van der Waals surface area contributed by atoms with Crippen LogP contribution in [0.4, 0.5) is 16.2 Å². The van der Waals surface area contributed by atoms with E-state index in [-0.39, 0.29) is 18.3 Å². The van der Waals surface area contributed by atoms with E-state index in [1.807, 2.05) is 61.5 Å². The maximum absolute atomic E-state index is 13.5. The molecule has 3 aromatic carbocycles. The van der Waals surface area contributed by atoms with Crippen LogP contribution in [0.2, 0.25) is 0 Å². The standard InChI is InChI=1S/C29H28N4O4S/c1-21-10-13-25(14-11-21)38-28-15-12-24(33(35)36)19-22(28)20-32(18-16-23-7-5-6-17-30-23)29(34)31-26-8-3-4-9-27(26)37-2/h3-15,17,19H,16,18,20H2,1-2H3,(H,31,34). The van der Waals surface area contributed by atoms with Gasteiger partial charge in [0.25, 0.3) is 5.69 Å². The number of aryl methyl sites for hydroxylation is 1. The second-order valence-electron chi connectivity index (χ2n) is 8.59. The number of non-ortho nitro benzene ring substituents is 1. The fraction of sp³-hybridized carbons (Fsp3) is 0.172. The number of nitro benzene ring substituents is 1. The Labute approximate surface area is 225 Å². The van der Waals surface area contributed by atoms with Crippen LogP contribution in [0.5, 0.6) is 5.75 Å². The van der Waals surface area contributed by atoms with Crippen molar-refractivity contribution in [1.82, 2.24) is 9.88 Å². The van der Waals surface area contributed by atoms with E-state index in [1.54, 1.807) is 42.5 Å². The first-order chi connectivity index (χ1) is 18.4. The van der Waals surface area contributed by atoms with Gasteiger partial charge in [0.05, 0.1) is 17.7 Å². The number of pyridine rings is 1. The lowest BCUT2D eigenvalue weighted by Crippen LogP contribution is -2.36. The summed E-state index contributed by atoms with van der Waals surface area (Å²) in [7, 11) is 1.54. The molecule has 2 amide bonds. The number of anilines is 1. The highest BCUT2D eigenvalue weighted by Crippen LogP contribution is 2.34. The molecule has 0 spiro atoms. The fourth-order valence-electron chi connectivity index (χ4n) is 3.83. The van der Waals surface area contributed by atoms with Crippen molar-refractivity contribution in [3.63, 3.8) is 0 Å². The van der Waals surface area contributed by atoms with Gasteiger partial charge in [-0.25, -0.2) is 4.79 Å². The van der Waals surface area contributed by atoms with E-state index in [0.29, 0.717) is 30.0 Å². The number of nitro groups is 1. The number of carbonyl (C=O) groups excluding carboxylic acids is 1. The van der Waals surface area contributed by atoms with Crippen molar-refractivity contribution in [2.45, 2.75) is 29.7 Å². The van der Waals surface area contributed by atoms with E-state index in [2.05, 4.69) is 10.3 Å². The molecule has 0 aliphatic rings. The number of amides is 2. The van der Waals surface area contributed by atoms with Crippen LogP contribution in [0.15, 0.2) is 101 Å². The molecule has 0 fully saturated rings. The van der Waals surface area contributed by atoms with E-state index in [1.165, 1.54) is 17.8 Å². The van der Waals surface area contributed by atoms with E-state index in [4.69, 9.17) is 4.74 Å². The second kappa shape index (κ2) is 12.7. The third-order valence-electron chi connectivity index (χ3n) is 5.86. The molecular formula is C29H28N4O4S. The minimum absolute atomic E-state index is 0.0249. The lowest BCUT2D eigenvalue weighted by Gasteiger charge is -2.25. The summed E-state index contributed by atoms with van der Waals surface area (Å²) in [6.45, 7) is 2.55. The normalized spacial score (nSPS) is 10.6. The number of carbonyl (C=O) groups is 1. The first kappa shape index (κ1) is 26.7. The number of ether oxygens (including phenoxy) is 1. The minimum Gasteiger partial charge on any atom is -0.495 e. The molecule has 38 heavy (non-hydrogen) atoms. The Kier molecular flexibility index (Phi) is 8.94. The molecular weight excluding hydrogens is 500 g/mol. The Hall–Kier alpha value is -4.37.